The maximum Gasteiger partial charge on any atom is 0.349 e. The zero-order valence-corrected chi connectivity index (χ0v) is 11.3. The summed E-state index contributed by atoms with van der Waals surface area (Å²) in [5, 5.41) is 9.56. The first kappa shape index (κ1) is 14.2. The normalized spacial score (nSPS) is 10.5. The Balaban J connectivity index is 2.74. The van der Waals surface area contributed by atoms with Gasteiger partial charge < -0.3 is 14.7 Å². The minimum atomic E-state index is -1.04. The van der Waals surface area contributed by atoms with E-state index in [0.717, 1.165) is 17.9 Å². The topological polar surface area (TPSA) is 62.7 Å². The summed E-state index contributed by atoms with van der Waals surface area (Å²) in [5.41, 5.74) is 0. The van der Waals surface area contributed by atoms with Crippen LogP contribution >= 0.6 is 22.9 Å². The molecule has 1 aromatic heterocycles. The molecule has 1 aromatic rings. The highest BCUT2D eigenvalue weighted by Crippen LogP contribution is 2.29. The molecule has 0 atom stereocenters. The molecule has 0 radical (unpaired) electrons. The van der Waals surface area contributed by atoms with Crippen molar-refractivity contribution in [1.82, 2.24) is 4.98 Å². The van der Waals surface area contributed by atoms with Crippen LogP contribution in [0.1, 0.15) is 23.5 Å². The van der Waals surface area contributed by atoms with Crippen molar-refractivity contribution < 1.29 is 14.6 Å². The van der Waals surface area contributed by atoms with Gasteiger partial charge in [-0.15, -0.1) is 0 Å². The molecule has 0 bridgehead atoms. The number of likely N-dealkylation sites (N-methyl/N-ethyl adjacent to an activating group) is 1. The molecule has 0 fully saturated rings. The van der Waals surface area contributed by atoms with Gasteiger partial charge in [-0.2, -0.15) is 0 Å². The Hall–Kier alpha value is -0.850. The number of aromatic nitrogens is 1. The van der Waals surface area contributed by atoms with Gasteiger partial charge in [-0.25, -0.2) is 9.78 Å². The number of anilines is 1. The van der Waals surface area contributed by atoms with E-state index in [4.69, 9.17) is 21.4 Å². The van der Waals surface area contributed by atoms with Crippen LogP contribution in [-0.2, 0) is 4.74 Å². The molecule has 0 unspecified atom stereocenters. The van der Waals surface area contributed by atoms with Crippen LogP contribution in [0.4, 0.5) is 5.13 Å². The predicted molar refractivity (Wildman–Crippen MR) is 68.5 cm³/mol. The predicted octanol–water partition coefficient (Wildman–Crippen LogP) is 2.36. The Morgan fingerprint density at radius 3 is 2.76 bits per heavy atom. The van der Waals surface area contributed by atoms with E-state index in [1.165, 1.54) is 0 Å². The smallest absolute Gasteiger partial charge is 0.349 e. The van der Waals surface area contributed by atoms with Crippen molar-refractivity contribution in [3.8, 4) is 0 Å². The highest BCUT2D eigenvalue weighted by molar-refractivity contribution is 7.18. The van der Waals surface area contributed by atoms with Crippen LogP contribution < -0.4 is 4.90 Å². The second kappa shape index (κ2) is 6.78. The highest BCUT2D eigenvalue weighted by Gasteiger charge is 2.18. The summed E-state index contributed by atoms with van der Waals surface area (Å²) in [7, 11) is 0. The van der Waals surface area contributed by atoms with Crippen LogP contribution in [0.2, 0.25) is 5.15 Å². The number of thiazole rings is 1. The Morgan fingerprint density at radius 1 is 1.59 bits per heavy atom. The summed E-state index contributed by atoms with van der Waals surface area (Å²) in [6.45, 7) is 6.56. The van der Waals surface area contributed by atoms with E-state index >= 15 is 0 Å². The lowest BCUT2D eigenvalue weighted by molar-refractivity contribution is 0.0702. The molecule has 96 valence electrons. The molecule has 5 nitrogen and oxygen atoms in total. The maximum absolute atomic E-state index is 10.8. The number of carbonyl (C=O) groups is 1. The van der Waals surface area contributed by atoms with Gasteiger partial charge in [0.15, 0.2) is 15.2 Å². The highest BCUT2D eigenvalue weighted by atomic mass is 35.5. The molecule has 0 aliphatic rings. The van der Waals surface area contributed by atoms with Crippen LogP contribution in [0.5, 0.6) is 0 Å². The first-order valence-electron chi connectivity index (χ1n) is 5.32. The fraction of sp³-hybridized carbons (Fsp3) is 0.600. The monoisotopic (exact) mass is 278 g/mol. The Bertz CT molecular complexity index is 384. The van der Waals surface area contributed by atoms with Gasteiger partial charge in [-0.1, -0.05) is 22.9 Å². The minimum absolute atomic E-state index is 0.0485. The molecular formula is C10H15ClN2O3S. The van der Waals surface area contributed by atoms with E-state index < -0.39 is 5.97 Å². The molecule has 1 heterocycles. The lowest BCUT2D eigenvalue weighted by Gasteiger charge is -2.19. The lowest BCUT2D eigenvalue weighted by Crippen LogP contribution is -2.26. The summed E-state index contributed by atoms with van der Waals surface area (Å²) in [4.78, 5) is 16.9. The molecule has 0 aliphatic carbocycles. The number of nitrogens with zero attached hydrogens (tertiary/aromatic N) is 2. The minimum Gasteiger partial charge on any atom is -0.477 e. The standard InChI is InChI=1S/C10H15ClN2O3S/c1-3-13(5-6-16-4-2)10-12-8(11)7(17-10)9(14)15/h3-6H2,1-2H3,(H,14,15). The molecule has 0 saturated carbocycles. The first-order valence-corrected chi connectivity index (χ1v) is 6.51. The largest absolute Gasteiger partial charge is 0.477 e. The average molecular weight is 279 g/mol. The van der Waals surface area contributed by atoms with Gasteiger partial charge in [-0.05, 0) is 13.8 Å². The molecule has 17 heavy (non-hydrogen) atoms. The molecule has 1 N–H and O–H groups in total. The molecule has 0 saturated heterocycles. The number of carboxylic acids is 1. The third-order valence-electron chi connectivity index (χ3n) is 2.13. The van der Waals surface area contributed by atoms with E-state index in [-0.39, 0.29) is 10.0 Å². The molecule has 0 aromatic carbocycles. The number of hydrogen-bond donors (Lipinski definition) is 1. The van der Waals surface area contributed by atoms with E-state index in [1.54, 1.807) is 0 Å². The Labute approximate surface area is 109 Å². The van der Waals surface area contributed by atoms with E-state index in [2.05, 4.69) is 4.98 Å². The van der Waals surface area contributed by atoms with Gasteiger partial charge in [0.25, 0.3) is 0 Å². The average Bonchev–Trinajstić information content (AvgIpc) is 2.67. The van der Waals surface area contributed by atoms with Crippen molar-refractivity contribution >= 4 is 34.0 Å². The van der Waals surface area contributed by atoms with Crippen molar-refractivity contribution in [2.75, 3.05) is 31.2 Å². The fourth-order valence-corrected chi connectivity index (χ4v) is 2.48. The fourth-order valence-electron chi connectivity index (χ4n) is 1.27. The van der Waals surface area contributed by atoms with Crippen molar-refractivity contribution in [2.45, 2.75) is 13.8 Å². The van der Waals surface area contributed by atoms with Gasteiger partial charge >= 0.3 is 5.97 Å². The van der Waals surface area contributed by atoms with E-state index in [1.807, 2.05) is 18.7 Å². The number of ether oxygens (including phenoxy) is 1. The maximum atomic E-state index is 10.8. The SMILES string of the molecule is CCOCCN(CC)c1nc(Cl)c(C(=O)O)s1. The molecule has 0 amide bonds. The Kier molecular flexibility index (Phi) is 5.67. The quantitative estimate of drug-likeness (QED) is 0.776. The third kappa shape index (κ3) is 3.83. The number of hydrogen-bond acceptors (Lipinski definition) is 5. The second-order valence-corrected chi connectivity index (χ2v) is 4.53. The van der Waals surface area contributed by atoms with Gasteiger partial charge in [0.1, 0.15) is 0 Å². The summed E-state index contributed by atoms with van der Waals surface area (Å²) in [6.07, 6.45) is 0. The van der Waals surface area contributed by atoms with Gasteiger partial charge in [0.05, 0.1) is 6.61 Å². The lowest BCUT2D eigenvalue weighted by atomic mass is 10.5. The molecule has 1 rings (SSSR count). The molecular weight excluding hydrogens is 264 g/mol. The Morgan fingerprint density at radius 2 is 2.29 bits per heavy atom. The van der Waals surface area contributed by atoms with Crippen LogP contribution in [0.3, 0.4) is 0 Å². The summed E-state index contributed by atoms with van der Waals surface area (Å²) >= 11 is 6.85. The molecule has 7 heteroatoms. The van der Waals surface area contributed by atoms with Crippen molar-refractivity contribution in [3.05, 3.63) is 10.0 Å². The van der Waals surface area contributed by atoms with Crippen molar-refractivity contribution in [1.29, 1.82) is 0 Å². The summed E-state index contributed by atoms with van der Waals surface area (Å²) in [5.74, 6) is -1.04. The van der Waals surface area contributed by atoms with E-state index in [9.17, 15) is 4.79 Å². The van der Waals surface area contributed by atoms with Crippen molar-refractivity contribution in [2.24, 2.45) is 0 Å². The molecule has 0 spiro atoms. The third-order valence-corrected chi connectivity index (χ3v) is 3.62. The van der Waals surface area contributed by atoms with Crippen LogP contribution in [0, 0.1) is 0 Å². The number of aromatic carboxylic acids is 1. The van der Waals surface area contributed by atoms with Crippen LogP contribution in [0.15, 0.2) is 0 Å². The summed E-state index contributed by atoms with van der Waals surface area (Å²) in [6, 6.07) is 0. The molecule has 0 aliphatic heterocycles. The van der Waals surface area contributed by atoms with Gasteiger partial charge in [0.2, 0.25) is 0 Å². The van der Waals surface area contributed by atoms with Crippen LogP contribution in [0.25, 0.3) is 0 Å². The van der Waals surface area contributed by atoms with E-state index in [0.29, 0.717) is 24.9 Å². The second-order valence-electron chi connectivity index (χ2n) is 3.20. The first-order chi connectivity index (χ1) is 8.10. The van der Waals surface area contributed by atoms with Gasteiger partial charge in [0, 0.05) is 19.7 Å². The van der Waals surface area contributed by atoms with Crippen molar-refractivity contribution in [3.63, 3.8) is 0 Å². The number of carboxylic acid groups (broad SMARTS) is 1. The summed E-state index contributed by atoms with van der Waals surface area (Å²) < 4.78 is 5.26. The number of halogens is 1. The van der Waals surface area contributed by atoms with Crippen LogP contribution in [-0.4, -0.2) is 42.4 Å². The zero-order valence-electron chi connectivity index (χ0n) is 9.77. The zero-order chi connectivity index (χ0) is 12.8. The van der Waals surface area contributed by atoms with Gasteiger partial charge in [-0.3, -0.25) is 0 Å². The number of rotatable bonds is 7.